The van der Waals surface area contributed by atoms with Crippen LogP contribution in [-0.4, -0.2) is 44.1 Å². The van der Waals surface area contributed by atoms with E-state index in [1.807, 2.05) is 0 Å². The lowest BCUT2D eigenvalue weighted by molar-refractivity contribution is -0.0964. The van der Waals surface area contributed by atoms with Crippen LogP contribution in [0.25, 0.3) is 22.3 Å². The van der Waals surface area contributed by atoms with Gasteiger partial charge in [0.1, 0.15) is 12.4 Å². The summed E-state index contributed by atoms with van der Waals surface area (Å²) >= 11 is 4.78. The number of benzene rings is 2. The first-order valence-electron chi connectivity index (χ1n) is 12.8. The second kappa shape index (κ2) is 11.6. The molecular formula is C27H25ClF5N5O3. The number of fused-ring (bicyclic) bond motifs is 1. The summed E-state index contributed by atoms with van der Waals surface area (Å²) in [5.41, 5.74) is -2.48. The van der Waals surface area contributed by atoms with Gasteiger partial charge in [0.15, 0.2) is 12.1 Å². The van der Waals surface area contributed by atoms with Crippen molar-refractivity contribution in [2.45, 2.75) is 50.4 Å². The number of alkyl halides is 6. The van der Waals surface area contributed by atoms with E-state index in [1.54, 1.807) is 10.7 Å². The number of imidazole rings is 1. The van der Waals surface area contributed by atoms with Crippen LogP contribution in [0.2, 0.25) is 0 Å². The van der Waals surface area contributed by atoms with Gasteiger partial charge < -0.3 is 19.4 Å². The number of nitrogens with one attached hydrogen (secondary N) is 1. The van der Waals surface area contributed by atoms with Crippen LogP contribution in [0.1, 0.15) is 61.1 Å². The number of rotatable bonds is 9. The summed E-state index contributed by atoms with van der Waals surface area (Å²) in [7, 11) is 0. The zero-order chi connectivity index (χ0) is 29.3. The highest BCUT2D eigenvalue weighted by Gasteiger charge is 2.29. The Hall–Kier alpha value is -3.71. The Morgan fingerprint density at radius 1 is 1.22 bits per heavy atom. The lowest BCUT2D eigenvalue weighted by Gasteiger charge is -2.25. The Balaban J connectivity index is 1.60. The first kappa shape index (κ1) is 28.8. The zero-order valence-electron chi connectivity index (χ0n) is 21.7. The molecular weight excluding hydrogens is 573 g/mol. The van der Waals surface area contributed by atoms with Crippen molar-refractivity contribution in [3.63, 3.8) is 0 Å². The Labute approximate surface area is 236 Å². The number of carbonyl (C=O) groups is 1. The van der Waals surface area contributed by atoms with Gasteiger partial charge in [0, 0.05) is 41.2 Å². The zero-order valence-corrected chi connectivity index (χ0v) is 22.4. The Bertz CT molecular complexity index is 1530. The van der Waals surface area contributed by atoms with Crippen molar-refractivity contribution in [1.82, 2.24) is 19.3 Å². The van der Waals surface area contributed by atoms with Crippen molar-refractivity contribution < 1.29 is 36.2 Å². The first-order chi connectivity index (χ1) is 19.6. The lowest BCUT2D eigenvalue weighted by Crippen LogP contribution is -2.20. The average Bonchev–Trinajstić information content (AvgIpc) is 3.58. The van der Waals surface area contributed by atoms with Gasteiger partial charge in [0.2, 0.25) is 0 Å². The molecule has 2 aromatic heterocycles. The highest BCUT2D eigenvalue weighted by Crippen LogP contribution is 2.38. The second-order valence-corrected chi connectivity index (χ2v) is 9.98. The molecule has 1 amide bonds. The molecule has 5 rings (SSSR count). The smallest absolute Gasteiger partial charge is 0.420 e. The third-order valence-electron chi connectivity index (χ3n) is 6.65. The number of hydrogen-bond donors (Lipinski definition) is 1. The average molecular weight is 598 g/mol. The number of hydrogen-bond acceptors (Lipinski definition) is 5. The third-order valence-corrected chi connectivity index (χ3v) is 6.73. The summed E-state index contributed by atoms with van der Waals surface area (Å²) in [6.07, 6.45) is 0.595. The molecule has 0 spiro atoms. The van der Waals surface area contributed by atoms with Crippen molar-refractivity contribution >= 4 is 34.2 Å². The van der Waals surface area contributed by atoms with Crippen molar-refractivity contribution in [2.75, 3.05) is 18.6 Å². The maximum atomic E-state index is 14.1. The molecule has 4 aromatic rings. The normalized spacial score (nSPS) is 16.7. The molecule has 2 unspecified atom stereocenters. The van der Waals surface area contributed by atoms with Crippen LogP contribution in [0.15, 0.2) is 48.7 Å². The van der Waals surface area contributed by atoms with Crippen LogP contribution < -0.4 is 10.1 Å². The monoisotopic (exact) mass is 597 g/mol. The summed E-state index contributed by atoms with van der Waals surface area (Å²) in [6.45, 7) is 1.07. The predicted octanol–water partition coefficient (Wildman–Crippen LogP) is 7.49. The maximum absolute atomic E-state index is 14.1. The van der Waals surface area contributed by atoms with Gasteiger partial charge in [-0.2, -0.15) is 5.10 Å². The molecule has 14 heteroatoms. The van der Waals surface area contributed by atoms with E-state index in [0.29, 0.717) is 24.3 Å². The van der Waals surface area contributed by atoms with E-state index in [2.05, 4.69) is 20.1 Å². The van der Waals surface area contributed by atoms with Gasteiger partial charge >= 0.3 is 5.57 Å². The summed E-state index contributed by atoms with van der Waals surface area (Å²) in [6, 6.07) is 8.58. The summed E-state index contributed by atoms with van der Waals surface area (Å²) < 4.78 is 80.8. The minimum atomic E-state index is -3.90. The maximum Gasteiger partial charge on any atom is 0.487 e. The van der Waals surface area contributed by atoms with Gasteiger partial charge in [-0.3, -0.25) is 4.79 Å². The van der Waals surface area contributed by atoms with Gasteiger partial charge in [-0.1, -0.05) is 0 Å². The van der Waals surface area contributed by atoms with Crippen molar-refractivity contribution in [2.24, 2.45) is 0 Å². The molecule has 218 valence electrons. The molecule has 0 radical (unpaired) electrons. The van der Waals surface area contributed by atoms with Crippen LogP contribution in [-0.2, 0) is 4.74 Å². The molecule has 1 aliphatic heterocycles. The molecule has 1 N–H and O–H groups in total. The molecule has 2 aromatic carbocycles. The van der Waals surface area contributed by atoms with Gasteiger partial charge in [-0.05, 0) is 68.7 Å². The summed E-state index contributed by atoms with van der Waals surface area (Å²) in [4.78, 5) is 17.4. The number of amides is 1. The quantitative estimate of drug-likeness (QED) is 0.160. The number of nitrogens with zero attached hydrogens (tertiary/aromatic N) is 4. The van der Waals surface area contributed by atoms with E-state index >= 15 is 0 Å². The fourth-order valence-electron chi connectivity index (χ4n) is 4.86. The van der Waals surface area contributed by atoms with Crippen molar-refractivity contribution in [1.29, 1.82) is 0 Å². The number of halogens is 6. The second-order valence-electron chi connectivity index (χ2n) is 9.54. The van der Waals surface area contributed by atoms with Crippen LogP contribution in [0, 0.1) is 0 Å². The molecule has 8 nitrogen and oxygen atoms in total. The van der Waals surface area contributed by atoms with Crippen molar-refractivity contribution in [3.05, 3.63) is 60.0 Å². The molecule has 3 heterocycles. The fraction of sp³-hybridized carbons (Fsp3) is 0.370. The highest BCUT2D eigenvalue weighted by atomic mass is 35.5. The summed E-state index contributed by atoms with van der Waals surface area (Å²) in [5.74, 6) is -1.48. The van der Waals surface area contributed by atoms with E-state index in [0.717, 1.165) is 17.4 Å². The van der Waals surface area contributed by atoms with Gasteiger partial charge in [-0.25, -0.2) is 22.8 Å². The van der Waals surface area contributed by atoms with Crippen LogP contribution in [0.3, 0.4) is 0 Å². The van der Waals surface area contributed by atoms with Crippen LogP contribution in [0.4, 0.5) is 27.6 Å². The van der Waals surface area contributed by atoms with Crippen LogP contribution in [0.5, 0.6) is 5.75 Å². The fourth-order valence-corrected chi connectivity index (χ4v) is 4.95. The molecule has 0 aliphatic carbocycles. The molecule has 1 fully saturated rings. The molecule has 0 bridgehead atoms. The lowest BCUT2D eigenvalue weighted by atomic mass is 10.0. The Kier molecular flexibility index (Phi) is 8.18. The van der Waals surface area contributed by atoms with E-state index in [4.69, 9.17) is 16.3 Å². The first-order valence-corrected chi connectivity index (χ1v) is 13.2. The van der Waals surface area contributed by atoms with Crippen molar-refractivity contribution in [3.8, 4) is 17.0 Å². The minimum Gasteiger partial charge on any atom is -0.420 e. The van der Waals surface area contributed by atoms with Gasteiger partial charge in [-0.15, -0.1) is 8.78 Å². The molecule has 41 heavy (non-hydrogen) atoms. The summed E-state index contributed by atoms with van der Waals surface area (Å²) in [5, 5.41) is 7.04. The number of carbonyl (C=O) groups excluding carboxylic acids is 1. The molecule has 1 saturated heterocycles. The third kappa shape index (κ3) is 6.15. The van der Waals surface area contributed by atoms with Crippen LogP contribution >= 0.6 is 11.6 Å². The topological polar surface area (TPSA) is 83.2 Å². The van der Waals surface area contributed by atoms with Gasteiger partial charge in [0.05, 0.1) is 22.8 Å². The molecule has 1 aliphatic rings. The SMILES string of the molecule is CC(CF)n1c(C(F)F)nc2cc(C(=O)Nc3ccc(OC(F)(F)Cl)cc3)cc(-c3ccnn3C3CCCCO3)c21. The van der Waals surface area contributed by atoms with E-state index < -0.39 is 42.7 Å². The van der Waals surface area contributed by atoms with E-state index in [9.17, 15) is 26.7 Å². The van der Waals surface area contributed by atoms with Gasteiger partial charge in [0.25, 0.3) is 12.3 Å². The largest absolute Gasteiger partial charge is 0.487 e. The standard InChI is InChI=1S/C27H25ClF5N5O3/c1-15(14-29)37-23-19(21-9-10-34-38(21)22-4-2-3-11-40-22)12-16(13-20(23)36-25(37)24(30)31)26(39)35-17-5-7-18(8-6-17)41-27(28,32)33/h5-10,12-13,15,22,24H,2-4,11,14H2,1H3,(H,35,39). The number of anilines is 1. The molecule has 0 saturated carbocycles. The highest BCUT2D eigenvalue weighted by molar-refractivity contribution is 6.20. The minimum absolute atomic E-state index is 0.0636. The predicted molar refractivity (Wildman–Crippen MR) is 141 cm³/mol. The number of ether oxygens (including phenoxy) is 2. The van der Waals surface area contributed by atoms with E-state index in [-0.39, 0.29) is 28.0 Å². The molecule has 2 atom stereocenters. The Morgan fingerprint density at radius 2 is 1.98 bits per heavy atom. The van der Waals surface area contributed by atoms with E-state index in [1.165, 1.54) is 49.5 Å². The Morgan fingerprint density at radius 3 is 2.61 bits per heavy atom. The number of aromatic nitrogens is 4.